The van der Waals surface area contributed by atoms with Crippen LogP contribution in [0.1, 0.15) is 17.5 Å². The first kappa shape index (κ1) is 10.5. The third-order valence-electron chi connectivity index (χ3n) is 3.58. The maximum atomic E-state index is 11.7. The Hall–Kier alpha value is -1.68. The first-order valence-electron chi connectivity index (χ1n) is 5.81. The number of aliphatic hydroxyl groups is 1. The van der Waals surface area contributed by atoms with Crippen molar-refractivity contribution in [2.45, 2.75) is 18.9 Å². The molecule has 1 aliphatic heterocycles. The van der Waals surface area contributed by atoms with Crippen LogP contribution in [0.2, 0.25) is 0 Å². The standard InChI is InChI=1S/C13H14N2O2/c1-15-13(17)12(16)10-7-6-8-4-2-3-5-9(8)11(10)14-15/h2-5,10,12,16H,6-7H2,1H3/t10-,12+/m0/s1. The van der Waals surface area contributed by atoms with Crippen molar-refractivity contribution in [2.75, 3.05) is 7.05 Å². The van der Waals surface area contributed by atoms with Crippen molar-refractivity contribution in [3.8, 4) is 0 Å². The molecular weight excluding hydrogens is 216 g/mol. The van der Waals surface area contributed by atoms with E-state index in [-0.39, 0.29) is 11.8 Å². The molecule has 4 heteroatoms. The van der Waals surface area contributed by atoms with Gasteiger partial charge < -0.3 is 5.11 Å². The van der Waals surface area contributed by atoms with Crippen LogP contribution in [0, 0.1) is 5.92 Å². The predicted octanol–water partition coefficient (Wildman–Crippen LogP) is 0.786. The minimum absolute atomic E-state index is 0.145. The van der Waals surface area contributed by atoms with Gasteiger partial charge in [-0.15, -0.1) is 0 Å². The van der Waals surface area contributed by atoms with Crippen LogP contribution in [0.25, 0.3) is 0 Å². The summed E-state index contributed by atoms with van der Waals surface area (Å²) in [7, 11) is 1.59. The monoisotopic (exact) mass is 230 g/mol. The van der Waals surface area contributed by atoms with Crippen molar-refractivity contribution < 1.29 is 9.90 Å². The van der Waals surface area contributed by atoms with E-state index in [4.69, 9.17) is 0 Å². The van der Waals surface area contributed by atoms with Gasteiger partial charge >= 0.3 is 0 Å². The summed E-state index contributed by atoms with van der Waals surface area (Å²) in [5.41, 5.74) is 3.17. The van der Waals surface area contributed by atoms with E-state index in [1.54, 1.807) is 7.05 Å². The number of hydrogen-bond acceptors (Lipinski definition) is 3. The lowest BCUT2D eigenvalue weighted by atomic mass is 9.78. The van der Waals surface area contributed by atoms with Crippen LogP contribution in [0.5, 0.6) is 0 Å². The zero-order valence-corrected chi connectivity index (χ0v) is 9.63. The molecule has 1 N–H and O–H groups in total. The number of carbonyl (C=O) groups excluding carboxylic acids is 1. The van der Waals surface area contributed by atoms with Gasteiger partial charge in [-0.2, -0.15) is 5.10 Å². The van der Waals surface area contributed by atoms with Crippen LogP contribution in [0.15, 0.2) is 29.4 Å². The van der Waals surface area contributed by atoms with E-state index < -0.39 is 6.10 Å². The maximum Gasteiger partial charge on any atom is 0.271 e. The van der Waals surface area contributed by atoms with E-state index in [1.165, 1.54) is 10.6 Å². The Kier molecular flexibility index (Phi) is 2.26. The van der Waals surface area contributed by atoms with Gasteiger partial charge in [0.2, 0.25) is 0 Å². The van der Waals surface area contributed by atoms with Gasteiger partial charge in [0.25, 0.3) is 5.91 Å². The fourth-order valence-corrected chi connectivity index (χ4v) is 2.65. The predicted molar refractivity (Wildman–Crippen MR) is 63.6 cm³/mol. The van der Waals surface area contributed by atoms with Gasteiger partial charge in [0.1, 0.15) is 6.10 Å². The van der Waals surface area contributed by atoms with Gasteiger partial charge in [0.15, 0.2) is 0 Å². The zero-order valence-electron chi connectivity index (χ0n) is 9.63. The van der Waals surface area contributed by atoms with Crippen molar-refractivity contribution >= 4 is 11.6 Å². The van der Waals surface area contributed by atoms with Gasteiger partial charge in [-0.1, -0.05) is 24.3 Å². The number of likely N-dealkylation sites (N-methyl/N-ethyl adjacent to an activating group) is 1. The van der Waals surface area contributed by atoms with E-state index in [0.717, 1.165) is 24.1 Å². The molecule has 0 bridgehead atoms. The fourth-order valence-electron chi connectivity index (χ4n) is 2.65. The number of aliphatic hydroxyl groups excluding tert-OH is 1. The average Bonchev–Trinajstić information content (AvgIpc) is 2.36. The summed E-state index contributed by atoms with van der Waals surface area (Å²) in [5.74, 6) is -0.452. The van der Waals surface area contributed by atoms with Crippen LogP contribution >= 0.6 is 0 Å². The summed E-state index contributed by atoms with van der Waals surface area (Å²) >= 11 is 0. The molecule has 0 saturated carbocycles. The van der Waals surface area contributed by atoms with Gasteiger partial charge in [-0.25, -0.2) is 5.01 Å². The molecule has 0 fully saturated rings. The lowest BCUT2D eigenvalue weighted by molar-refractivity contribution is -0.141. The van der Waals surface area contributed by atoms with Crippen molar-refractivity contribution in [3.05, 3.63) is 35.4 Å². The second kappa shape index (κ2) is 3.67. The van der Waals surface area contributed by atoms with E-state index >= 15 is 0 Å². The summed E-state index contributed by atoms with van der Waals surface area (Å²) in [6.45, 7) is 0. The quantitative estimate of drug-likeness (QED) is 0.716. The van der Waals surface area contributed by atoms with Crippen molar-refractivity contribution in [3.63, 3.8) is 0 Å². The molecule has 0 unspecified atom stereocenters. The van der Waals surface area contributed by atoms with Gasteiger partial charge in [-0.05, 0) is 18.4 Å². The Bertz CT molecular complexity index is 510. The Morgan fingerprint density at radius 2 is 2.18 bits per heavy atom. The van der Waals surface area contributed by atoms with Crippen molar-refractivity contribution in [1.82, 2.24) is 5.01 Å². The SMILES string of the molecule is CN1N=C2c3ccccc3CC[C@@H]2[C@@H](O)C1=O. The molecular formula is C13H14N2O2. The molecule has 2 aliphatic rings. The maximum absolute atomic E-state index is 11.7. The van der Waals surface area contributed by atoms with Crippen LogP contribution in [0.4, 0.5) is 0 Å². The Balaban J connectivity index is 2.13. The Morgan fingerprint density at radius 3 is 3.00 bits per heavy atom. The molecule has 17 heavy (non-hydrogen) atoms. The highest BCUT2D eigenvalue weighted by molar-refractivity contribution is 6.08. The van der Waals surface area contributed by atoms with E-state index in [9.17, 15) is 9.90 Å². The largest absolute Gasteiger partial charge is 0.382 e. The summed E-state index contributed by atoms with van der Waals surface area (Å²) in [6.07, 6.45) is 0.741. The molecule has 3 rings (SSSR count). The normalized spacial score (nSPS) is 27.3. The summed E-state index contributed by atoms with van der Waals surface area (Å²) < 4.78 is 0. The second-order valence-corrected chi connectivity index (χ2v) is 4.59. The van der Waals surface area contributed by atoms with Crippen molar-refractivity contribution in [2.24, 2.45) is 11.0 Å². The number of hydrazone groups is 1. The summed E-state index contributed by atoms with van der Waals surface area (Å²) in [5, 5.41) is 15.6. The molecule has 0 radical (unpaired) electrons. The van der Waals surface area contributed by atoms with E-state index in [2.05, 4.69) is 11.2 Å². The second-order valence-electron chi connectivity index (χ2n) is 4.59. The number of nitrogens with zero attached hydrogens (tertiary/aromatic N) is 2. The molecule has 88 valence electrons. The minimum atomic E-state index is -0.944. The van der Waals surface area contributed by atoms with Crippen LogP contribution in [0.3, 0.4) is 0 Å². The average molecular weight is 230 g/mol. The highest BCUT2D eigenvalue weighted by Crippen LogP contribution is 2.31. The molecule has 1 heterocycles. The number of benzene rings is 1. The third-order valence-corrected chi connectivity index (χ3v) is 3.58. The molecule has 0 spiro atoms. The molecule has 4 nitrogen and oxygen atoms in total. The summed E-state index contributed by atoms with van der Waals surface area (Å²) in [6, 6.07) is 8.06. The number of fused-ring (bicyclic) bond motifs is 3. The third kappa shape index (κ3) is 1.48. The van der Waals surface area contributed by atoms with Crippen molar-refractivity contribution in [1.29, 1.82) is 0 Å². The molecule has 1 aromatic carbocycles. The molecule has 0 saturated heterocycles. The van der Waals surface area contributed by atoms with E-state index in [0.29, 0.717) is 0 Å². The van der Waals surface area contributed by atoms with Gasteiger partial charge in [-0.3, -0.25) is 4.79 Å². The number of hydrogen-bond donors (Lipinski definition) is 1. The smallest absolute Gasteiger partial charge is 0.271 e. The number of rotatable bonds is 0. The van der Waals surface area contributed by atoms with Gasteiger partial charge in [0, 0.05) is 18.5 Å². The minimum Gasteiger partial charge on any atom is -0.382 e. The van der Waals surface area contributed by atoms with Crippen LogP contribution < -0.4 is 0 Å². The van der Waals surface area contributed by atoms with Gasteiger partial charge in [0.05, 0.1) is 5.71 Å². The Labute approximate surface area is 99.6 Å². The summed E-state index contributed by atoms with van der Waals surface area (Å²) in [4.78, 5) is 11.7. The highest BCUT2D eigenvalue weighted by atomic mass is 16.3. The topological polar surface area (TPSA) is 52.9 Å². The molecule has 2 atom stereocenters. The first-order valence-corrected chi connectivity index (χ1v) is 5.81. The van der Waals surface area contributed by atoms with E-state index in [1.807, 2.05) is 18.2 Å². The number of aryl methyl sites for hydroxylation is 1. The lowest BCUT2D eigenvalue weighted by Gasteiger charge is -2.35. The first-order chi connectivity index (χ1) is 8.18. The number of carbonyl (C=O) groups is 1. The van der Waals surface area contributed by atoms with Crippen LogP contribution in [-0.4, -0.2) is 34.9 Å². The molecule has 1 aliphatic carbocycles. The number of amides is 1. The van der Waals surface area contributed by atoms with Crippen LogP contribution in [-0.2, 0) is 11.2 Å². The zero-order chi connectivity index (χ0) is 12.0. The Morgan fingerprint density at radius 1 is 1.41 bits per heavy atom. The molecule has 1 amide bonds. The highest BCUT2D eigenvalue weighted by Gasteiger charge is 2.39. The molecule has 1 aromatic rings. The fraction of sp³-hybridized carbons (Fsp3) is 0.385. The molecule has 0 aromatic heterocycles. The lowest BCUT2D eigenvalue weighted by Crippen LogP contribution is -2.48.